The third kappa shape index (κ3) is 3.39. The minimum atomic E-state index is 0.0858. The summed E-state index contributed by atoms with van der Waals surface area (Å²) in [7, 11) is 0. The van der Waals surface area contributed by atoms with Crippen LogP contribution in [0.15, 0.2) is 17.5 Å². The van der Waals surface area contributed by atoms with Gasteiger partial charge in [-0.25, -0.2) is 0 Å². The number of likely N-dealkylation sites (tertiary alicyclic amines) is 1. The lowest BCUT2D eigenvalue weighted by molar-refractivity contribution is -0.127. The molecular weight excluding hydrogens is 318 g/mol. The molecule has 2 aliphatic carbocycles. The zero-order valence-electron chi connectivity index (χ0n) is 14.3. The Bertz CT molecular complexity index is 551. The molecule has 4 nitrogen and oxygen atoms in total. The number of carbonyl (C=O) groups is 1. The predicted octanol–water partition coefficient (Wildman–Crippen LogP) is 2.45. The summed E-state index contributed by atoms with van der Waals surface area (Å²) in [5.74, 6) is 2.10. The lowest BCUT2D eigenvalue weighted by Crippen LogP contribution is -2.47. The standard InChI is InChI=1S/C19H29N3OS/c20-18-15-4-3-14(10-15)17(18)19(23)21-11-13-5-7-22(8-6-13)12-16-2-1-9-24-16/h1-2,9,13-15,17-18H,3-8,10-12,20H2,(H,21,23). The number of carbonyl (C=O) groups excluding carboxylic acids is 1. The number of thiophene rings is 1. The summed E-state index contributed by atoms with van der Waals surface area (Å²) >= 11 is 1.84. The fourth-order valence-electron chi connectivity index (χ4n) is 5.06. The third-order valence-corrected chi connectivity index (χ3v) is 7.38. The van der Waals surface area contributed by atoms with Gasteiger partial charge in [-0.1, -0.05) is 6.07 Å². The second kappa shape index (κ2) is 7.14. The molecule has 4 atom stereocenters. The van der Waals surface area contributed by atoms with Crippen molar-refractivity contribution in [1.29, 1.82) is 0 Å². The number of amides is 1. The van der Waals surface area contributed by atoms with Gasteiger partial charge in [0, 0.05) is 24.0 Å². The number of nitrogens with two attached hydrogens (primary N) is 1. The van der Waals surface area contributed by atoms with Gasteiger partial charge in [0.2, 0.25) is 5.91 Å². The van der Waals surface area contributed by atoms with Gasteiger partial charge in [-0.15, -0.1) is 11.3 Å². The molecule has 0 radical (unpaired) electrons. The molecule has 2 bridgehead atoms. The Labute approximate surface area is 148 Å². The average molecular weight is 348 g/mol. The molecule has 2 heterocycles. The summed E-state index contributed by atoms with van der Waals surface area (Å²) in [6.45, 7) is 4.21. The molecular formula is C19H29N3OS. The molecule has 3 N–H and O–H groups in total. The van der Waals surface area contributed by atoms with E-state index in [0.717, 1.165) is 26.2 Å². The molecule has 132 valence electrons. The number of nitrogens with one attached hydrogen (secondary N) is 1. The van der Waals surface area contributed by atoms with E-state index in [4.69, 9.17) is 5.73 Å². The van der Waals surface area contributed by atoms with Crippen LogP contribution in [0.3, 0.4) is 0 Å². The van der Waals surface area contributed by atoms with Gasteiger partial charge >= 0.3 is 0 Å². The van der Waals surface area contributed by atoms with Crippen LogP contribution in [0.5, 0.6) is 0 Å². The Morgan fingerprint density at radius 2 is 2.04 bits per heavy atom. The van der Waals surface area contributed by atoms with Crippen molar-refractivity contribution in [2.24, 2.45) is 29.4 Å². The van der Waals surface area contributed by atoms with Crippen molar-refractivity contribution in [3.8, 4) is 0 Å². The fraction of sp³-hybridized carbons (Fsp3) is 0.737. The van der Waals surface area contributed by atoms with Crippen LogP contribution < -0.4 is 11.1 Å². The molecule has 1 amide bonds. The van der Waals surface area contributed by atoms with E-state index in [0.29, 0.717) is 17.8 Å². The first kappa shape index (κ1) is 16.6. The van der Waals surface area contributed by atoms with E-state index in [9.17, 15) is 4.79 Å². The van der Waals surface area contributed by atoms with Crippen molar-refractivity contribution in [2.45, 2.75) is 44.7 Å². The first-order valence-corrected chi connectivity index (χ1v) is 10.4. The summed E-state index contributed by atoms with van der Waals surface area (Å²) in [5.41, 5.74) is 6.29. The molecule has 3 aliphatic rings. The number of fused-ring (bicyclic) bond motifs is 2. The predicted molar refractivity (Wildman–Crippen MR) is 97.6 cm³/mol. The molecule has 1 aromatic heterocycles. The van der Waals surface area contributed by atoms with Crippen LogP contribution in [-0.4, -0.2) is 36.5 Å². The van der Waals surface area contributed by atoms with Crippen LogP contribution in [0.1, 0.15) is 37.0 Å². The van der Waals surface area contributed by atoms with Crippen molar-refractivity contribution in [1.82, 2.24) is 10.2 Å². The van der Waals surface area contributed by atoms with Gasteiger partial charge in [0.25, 0.3) is 0 Å². The van der Waals surface area contributed by atoms with Crippen molar-refractivity contribution < 1.29 is 4.79 Å². The summed E-state index contributed by atoms with van der Waals surface area (Å²) in [5, 5.41) is 5.39. The quantitative estimate of drug-likeness (QED) is 0.860. The van der Waals surface area contributed by atoms with Crippen LogP contribution in [0, 0.1) is 23.7 Å². The first-order valence-electron chi connectivity index (χ1n) is 9.48. The number of hydrogen-bond acceptors (Lipinski definition) is 4. The second-order valence-corrected chi connectivity index (χ2v) is 9.01. The van der Waals surface area contributed by atoms with Gasteiger partial charge in [0.15, 0.2) is 0 Å². The highest BCUT2D eigenvalue weighted by Gasteiger charge is 2.49. The molecule has 1 saturated heterocycles. The van der Waals surface area contributed by atoms with Gasteiger partial charge in [0.05, 0.1) is 5.92 Å². The Kier molecular flexibility index (Phi) is 4.93. The van der Waals surface area contributed by atoms with E-state index >= 15 is 0 Å². The topological polar surface area (TPSA) is 58.4 Å². The Morgan fingerprint density at radius 3 is 2.71 bits per heavy atom. The fourth-order valence-corrected chi connectivity index (χ4v) is 5.81. The normalized spacial score (nSPS) is 33.9. The number of hydrogen-bond donors (Lipinski definition) is 2. The Morgan fingerprint density at radius 1 is 1.25 bits per heavy atom. The molecule has 0 spiro atoms. The molecule has 4 unspecified atom stereocenters. The number of rotatable bonds is 5. The van der Waals surface area contributed by atoms with Gasteiger partial charge in [-0.2, -0.15) is 0 Å². The molecule has 4 rings (SSSR count). The number of piperidine rings is 1. The largest absolute Gasteiger partial charge is 0.356 e. The summed E-state index contributed by atoms with van der Waals surface area (Å²) in [6.07, 6.45) is 6.00. The Balaban J connectivity index is 1.20. The van der Waals surface area contributed by atoms with Crippen LogP contribution in [0.25, 0.3) is 0 Å². The molecule has 24 heavy (non-hydrogen) atoms. The summed E-state index contributed by atoms with van der Waals surface area (Å²) < 4.78 is 0. The Hall–Kier alpha value is -0.910. The summed E-state index contributed by atoms with van der Waals surface area (Å²) in [6, 6.07) is 4.45. The lowest BCUT2D eigenvalue weighted by atomic mass is 9.84. The molecule has 5 heteroatoms. The highest BCUT2D eigenvalue weighted by Crippen LogP contribution is 2.47. The second-order valence-electron chi connectivity index (χ2n) is 7.98. The zero-order valence-corrected chi connectivity index (χ0v) is 15.1. The SMILES string of the molecule is NC1C2CCC(C2)C1C(=O)NCC1CCN(Cc2cccs2)CC1. The van der Waals surface area contributed by atoms with Gasteiger partial charge in [-0.3, -0.25) is 9.69 Å². The van der Waals surface area contributed by atoms with Crippen LogP contribution in [0.2, 0.25) is 0 Å². The zero-order chi connectivity index (χ0) is 16.5. The van der Waals surface area contributed by atoms with Crippen LogP contribution >= 0.6 is 11.3 Å². The molecule has 3 fully saturated rings. The van der Waals surface area contributed by atoms with E-state index in [2.05, 4.69) is 27.7 Å². The monoisotopic (exact) mass is 347 g/mol. The van der Waals surface area contributed by atoms with Crippen molar-refractivity contribution in [3.63, 3.8) is 0 Å². The highest BCUT2D eigenvalue weighted by atomic mass is 32.1. The smallest absolute Gasteiger partial charge is 0.224 e. The third-order valence-electron chi connectivity index (χ3n) is 6.52. The number of nitrogens with zero attached hydrogens (tertiary/aromatic N) is 1. The van der Waals surface area contributed by atoms with E-state index in [1.54, 1.807) is 0 Å². The highest BCUT2D eigenvalue weighted by molar-refractivity contribution is 7.09. The maximum absolute atomic E-state index is 12.6. The summed E-state index contributed by atoms with van der Waals surface area (Å²) in [4.78, 5) is 16.6. The molecule has 0 aromatic carbocycles. The van der Waals surface area contributed by atoms with Crippen molar-refractivity contribution in [3.05, 3.63) is 22.4 Å². The van der Waals surface area contributed by atoms with Gasteiger partial charge < -0.3 is 11.1 Å². The van der Waals surface area contributed by atoms with E-state index < -0.39 is 0 Å². The van der Waals surface area contributed by atoms with E-state index in [1.807, 2.05) is 11.3 Å². The maximum atomic E-state index is 12.6. The first-order chi connectivity index (χ1) is 11.7. The van der Waals surface area contributed by atoms with Gasteiger partial charge in [-0.05, 0) is 74.4 Å². The van der Waals surface area contributed by atoms with Crippen LogP contribution in [0.4, 0.5) is 0 Å². The van der Waals surface area contributed by atoms with Crippen molar-refractivity contribution in [2.75, 3.05) is 19.6 Å². The minimum absolute atomic E-state index is 0.0858. The van der Waals surface area contributed by atoms with E-state index in [-0.39, 0.29) is 17.9 Å². The lowest BCUT2D eigenvalue weighted by Gasteiger charge is -2.32. The van der Waals surface area contributed by atoms with Crippen molar-refractivity contribution >= 4 is 17.2 Å². The molecule has 2 saturated carbocycles. The minimum Gasteiger partial charge on any atom is -0.356 e. The maximum Gasteiger partial charge on any atom is 0.224 e. The average Bonchev–Trinajstić information content (AvgIpc) is 3.31. The van der Waals surface area contributed by atoms with Crippen LogP contribution in [-0.2, 0) is 11.3 Å². The molecule has 1 aliphatic heterocycles. The molecule has 1 aromatic rings. The van der Waals surface area contributed by atoms with E-state index in [1.165, 1.54) is 37.0 Å². The van der Waals surface area contributed by atoms with Gasteiger partial charge in [0.1, 0.15) is 0 Å².